The molecular weight excluding hydrogens is 292 g/mol. The minimum atomic E-state index is 0.0582. The molecule has 0 spiro atoms. The lowest BCUT2D eigenvalue weighted by molar-refractivity contribution is -0.122. The van der Waals surface area contributed by atoms with Crippen molar-refractivity contribution in [2.45, 2.75) is 32.3 Å². The Balaban J connectivity index is 1.54. The summed E-state index contributed by atoms with van der Waals surface area (Å²) in [4.78, 5) is 13.9. The normalized spacial score (nSPS) is 17.4. The number of likely N-dealkylation sites (N-methyl/N-ethyl adjacent to an activating group) is 1. The van der Waals surface area contributed by atoms with Crippen LogP contribution in [-0.2, 0) is 9.53 Å². The lowest BCUT2D eigenvalue weighted by Crippen LogP contribution is -2.39. The molecular formula is C18H28N2O3. The van der Waals surface area contributed by atoms with Crippen molar-refractivity contribution in [3.8, 4) is 5.75 Å². The van der Waals surface area contributed by atoms with E-state index in [0.29, 0.717) is 19.7 Å². The number of nitrogens with one attached hydrogen (secondary N) is 1. The second kappa shape index (κ2) is 9.53. The van der Waals surface area contributed by atoms with Gasteiger partial charge in [0.15, 0.2) is 0 Å². The quantitative estimate of drug-likeness (QED) is 0.707. The fraction of sp³-hybridized carbons (Fsp3) is 0.611. The summed E-state index contributed by atoms with van der Waals surface area (Å²) < 4.78 is 11.3. The highest BCUT2D eigenvalue weighted by molar-refractivity contribution is 5.77. The summed E-state index contributed by atoms with van der Waals surface area (Å²) in [6.45, 7) is 5.40. The van der Waals surface area contributed by atoms with Gasteiger partial charge in [0.2, 0.25) is 5.91 Å². The number of aryl methyl sites for hydroxylation is 1. The number of carbonyl (C=O) groups is 1. The number of hydrogen-bond acceptors (Lipinski definition) is 4. The maximum absolute atomic E-state index is 11.9. The summed E-state index contributed by atoms with van der Waals surface area (Å²) in [6.07, 6.45) is 3.24. The molecule has 128 valence electrons. The predicted octanol–water partition coefficient (Wildman–Crippen LogP) is 1.99. The average molecular weight is 320 g/mol. The van der Waals surface area contributed by atoms with Crippen molar-refractivity contribution in [2.75, 3.05) is 39.9 Å². The van der Waals surface area contributed by atoms with Crippen LogP contribution >= 0.6 is 0 Å². The first kappa shape index (κ1) is 17.8. The summed E-state index contributed by atoms with van der Waals surface area (Å²) >= 11 is 0. The van der Waals surface area contributed by atoms with Gasteiger partial charge >= 0.3 is 0 Å². The number of ether oxygens (including phenoxy) is 2. The molecule has 1 aromatic rings. The van der Waals surface area contributed by atoms with Gasteiger partial charge in [0.05, 0.1) is 19.3 Å². The van der Waals surface area contributed by atoms with Gasteiger partial charge < -0.3 is 14.8 Å². The Morgan fingerprint density at radius 3 is 3.00 bits per heavy atom. The van der Waals surface area contributed by atoms with E-state index in [4.69, 9.17) is 9.47 Å². The van der Waals surface area contributed by atoms with Crippen LogP contribution < -0.4 is 10.1 Å². The predicted molar refractivity (Wildman–Crippen MR) is 90.8 cm³/mol. The van der Waals surface area contributed by atoms with E-state index in [1.807, 2.05) is 43.1 Å². The fourth-order valence-electron chi connectivity index (χ4n) is 2.65. The average Bonchev–Trinajstić information content (AvgIpc) is 3.04. The maximum Gasteiger partial charge on any atom is 0.234 e. The number of hydrogen-bond donors (Lipinski definition) is 1. The van der Waals surface area contributed by atoms with Crippen LogP contribution in [0.3, 0.4) is 0 Å². The van der Waals surface area contributed by atoms with Crippen LogP contribution in [0.15, 0.2) is 24.3 Å². The summed E-state index contributed by atoms with van der Waals surface area (Å²) in [5.74, 6) is 0.993. The molecule has 1 aliphatic rings. The molecule has 0 bridgehead atoms. The smallest absolute Gasteiger partial charge is 0.234 e. The number of nitrogens with zero attached hydrogens (tertiary/aromatic N) is 1. The largest absolute Gasteiger partial charge is 0.493 e. The Morgan fingerprint density at radius 2 is 2.26 bits per heavy atom. The van der Waals surface area contributed by atoms with Gasteiger partial charge in [-0.3, -0.25) is 9.69 Å². The molecule has 1 atom stereocenters. The zero-order valence-electron chi connectivity index (χ0n) is 14.2. The highest BCUT2D eigenvalue weighted by Gasteiger charge is 2.16. The Morgan fingerprint density at radius 1 is 1.43 bits per heavy atom. The summed E-state index contributed by atoms with van der Waals surface area (Å²) in [6, 6.07) is 8.01. The molecule has 0 aromatic heterocycles. The van der Waals surface area contributed by atoms with Gasteiger partial charge in [0, 0.05) is 19.7 Å². The highest BCUT2D eigenvalue weighted by Crippen LogP contribution is 2.16. The van der Waals surface area contributed by atoms with Crippen LogP contribution in [0.5, 0.6) is 5.75 Å². The van der Waals surface area contributed by atoms with Gasteiger partial charge in [-0.1, -0.05) is 18.2 Å². The second-order valence-electron chi connectivity index (χ2n) is 6.14. The molecule has 1 aliphatic heterocycles. The molecule has 1 fully saturated rings. The third-order valence-corrected chi connectivity index (χ3v) is 4.00. The van der Waals surface area contributed by atoms with Crippen molar-refractivity contribution in [2.24, 2.45) is 0 Å². The standard InChI is InChI=1S/C18H28N2O3/c1-15-7-3-4-9-17(15)23-12-6-10-20(2)14-18(21)19-13-16-8-5-11-22-16/h3-4,7,9,16H,5-6,8,10-14H2,1-2H3,(H,19,21). The lowest BCUT2D eigenvalue weighted by Gasteiger charge is -2.17. The summed E-state index contributed by atoms with van der Waals surface area (Å²) in [7, 11) is 1.96. The van der Waals surface area contributed by atoms with Crippen LogP contribution in [0, 0.1) is 6.92 Å². The number of rotatable bonds is 9. The first-order valence-corrected chi connectivity index (χ1v) is 8.40. The third kappa shape index (κ3) is 6.59. The molecule has 0 radical (unpaired) electrons. The second-order valence-corrected chi connectivity index (χ2v) is 6.14. The van der Waals surface area contributed by atoms with Gasteiger partial charge in [-0.05, 0) is 44.9 Å². The SMILES string of the molecule is Cc1ccccc1OCCCN(C)CC(=O)NCC1CCCO1. The van der Waals surface area contributed by atoms with Crippen molar-refractivity contribution in [1.29, 1.82) is 0 Å². The van der Waals surface area contributed by atoms with E-state index in [9.17, 15) is 4.79 Å². The zero-order chi connectivity index (χ0) is 16.5. The molecule has 0 aliphatic carbocycles. The lowest BCUT2D eigenvalue weighted by atomic mass is 10.2. The van der Waals surface area contributed by atoms with Crippen molar-refractivity contribution >= 4 is 5.91 Å². The van der Waals surface area contributed by atoms with E-state index in [-0.39, 0.29) is 12.0 Å². The third-order valence-electron chi connectivity index (χ3n) is 4.00. The molecule has 0 saturated carbocycles. The molecule has 23 heavy (non-hydrogen) atoms. The highest BCUT2D eigenvalue weighted by atomic mass is 16.5. The molecule has 1 amide bonds. The van der Waals surface area contributed by atoms with E-state index in [1.165, 1.54) is 0 Å². The molecule has 1 heterocycles. The van der Waals surface area contributed by atoms with Gasteiger partial charge in [-0.15, -0.1) is 0 Å². The zero-order valence-corrected chi connectivity index (χ0v) is 14.2. The van der Waals surface area contributed by atoms with Crippen molar-refractivity contribution < 1.29 is 14.3 Å². The minimum Gasteiger partial charge on any atom is -0.493 e. The van der Waals surface area contributed by atoms with Crippen LogP contribution in [-0.4, -0.2) is 56.8 Å². The molecule has 1 aromatic carbocycles. The molecule has 1 saturated heterocycles. The van der Waals surface area contributed by atoms with E-state index in [2.05, 4.69) is 5.32 Å². The van der Waals surface area contributed by atoms with Crippen molar-refractivity contribution in [1.82, 2.24) is 10.2 Å². The molecule has 2 rings (SSSR count). The van der Waals surface area contributed by atoms with Gasteiger partial charge in [-0.25, -0.2) is 0 Å². The molecule has 1 N–H and O–H groups in total. The number of benzene rings is 1. The Labute approximate surface area is 139 Å². The minimum absolute atomic E-state index is 0.0582. The monoisotopic (exact) mass is 320 g/mol. The summed E-state index contributed by atoms with van der Waals surface area (Å²) in [5, 5.41) is 2.94. The van der Waals surface area contributed by atoms with Crippen LogP contribution in [0.1, 0.15) is 24.8 Å². The first-order chi connectivity index (χ1) is 11.1. The summed E-state index contributed by atoms with van der Waals surface area (Å²) in [5.41, 5.74) is 1.15. The van der Waals surface area contributed by atoms with E-state index < -0.39 is 0 Å². The van der Waals surface area contributed by atoms with Crippen LogP contribution in [0.2, 0.25) is 0 Å². The Bertz CT molecular complexity index is 487. The van der Waals surface area contributed by atoms with E-state index in [1.54, 1.807) is 0 Å². The number of amides is 1. The molecule has 5 nitrogen and oxygen atoms in total. The van der Waals surface area contributed by atoms with Crippen molar-refractivity contribution in [3.05, 3.63) is 29.8 Å². The topological polar surface area (TPSA) is 50.8 Å². The number of carbonyl (C=O) groups excluding carboxylic acids is 1. The van der Waals surface area contributed by atoms with Crippen LogP contribution in [0.4, 0.5) is 0 Å². The van der Waals surface area contributed by atoms with Gasteiger partial charge in [-0.2, -0.15) is 0 Å². The van der Waals surface area contributed by atoms with Crippen molar-refractivity contribution in [3.63, 3.8) is 0 Å². The molecule has 1 unspecified atom stereocenters. The van der Waals surface area contributed by atoms with Crippen LogP contribution in [0.25, 0.3) is 0 Å². The van der Waals surface area contributed by atoms with Gasteiger partial charge in [0.1, 0.15) is 5.75 Å². The molecule has 5 heteroatoms. The Kier molecular flexibility index (Phi) is 7.36. The Hall–Kier alpha value is -1.59. The van der Waals surface area contributed by atoms with E-state index >= 15 is 0 Å². The number of para-hydroxylation sites is 1. The fourth-order valence-corrected chi connectivity index (χ4v) is 2.65. The van der Waals surface area contributed by atoms with E-state index in [0.717, 1.165) is 43.7 Å². The maximum atomic E-state index is 11.9. The first-order valence-electron chi connectivity index (χ1n) is 8.40. The van der Waals surface area contributed by atoms with Gasteiger partial charge in [0.25, 0.3) is 0 Å².